The summed E-state index contributed by atoms with van der Waals surface area (Å²) in [5.41, 5.74) is 3.90. The molecule has 3 aromatic rings. The van der Waals surface area contributed by atoms with Gasteiger partial charge in [-0.15, -0.1) is 21.5 Å². The molecule has 0 spiro atoms. The molecular weight excluding hydrogens is 326 g/mol. The first kappa shape index (κ1) is 14.5. The van der Waals surface area contributed by atoms with Gasteiger partial charge in [0.1, 0.15) is 5.01 Å². The van der Waals surface area contributed by atoms with Gasteiger partial charge in [0.05, 0.1) is 4.88 Å². The first-order valence-corrected chi connectivity index (χ1v) is 9.22. The first-order valence-electron chi connectivity index (χ1n) is 7.59. The standard InChI is InChI=1S/C17H15N3OS2/c1-2-14-19-20-17(23-14)18-16(21)13-9-11-8-7-10-5-3-4-6-12(10)15(11)22-13/h3-6,9H,2,7-8H2,1H3,(H,18,20,21). The number of fused-ring (bicyclic) bond motifs is 3. The number of anilines is 1. The second kappa shape index (κ2) is 5.86. The van der Waals surface area contributed by atoms with E-state index >= 15 is 0 Å². The summed E-state index contributed by atoms with van der Waals surface area (Å²) in [6, 6.07) is 10.5. The third kappa shape index (κ3) is 2.68. The molecule has 23 heavy (non-hydrogen) atoms. The average Bonchev–Trinajstić information content (AvgIpc) is 3.21. The van der Waals surface area contributed by atoms with Crippen LogP contribution in [-0.2, 0) is 19.3 Å². The highest BCUT2D eigenvalue weighted by atomic mass is 32.1. The number of carbonyl (C=O) groups is 1. The zero-order chi connectivity index (χ0) is 15.8. The quantitative estimate of drug-likeness (QED) is 0.777. The maximum Gasteiger partial charge on any atom is 0.267 e. The molecule has 0 bridgehead atoms. The first-order chi connectivity index (χ1) is 11.2. The normalized spacial score (nSPS) is 12.6. The van der Waals surface area contributed by atoms with Gasteiger partial charge in [-0.1, -0.05) is 42.5 Å². The van der Waals surface area contributed by atoms with Crippen molar-refractivity contribution in [1.29, 1.82) is 0 Å². The highest BCUT2D eigenvalue weighted by Gasteiger charge is 2.21. The van der Waals surface area contributed by atoms with Crippen LogP contribution in [0.15, 0.2) is 30.3 Å². The lowest BCUT2D eigenvalue weighted by molar-refractivity contribution is 0.103. The Kier molecular flexibility index (Phi) is 3.71. The van der Waals surface area contributed by atoms with E-state index in [1.54, 1.807) is 11.3 Å². The Morgan fingerprint density at radius 3 is 2.83 bits per heavy atom. The topological polar surface area (TPSA) is 54.9 Å². The molecule has 1 aliphatic rings. The van der Waals surface area contributed by atoms with Gasteiger partial charge < -0.3 is 0 Å². The van der Waals surface area contributed by atoms with Crippen LogP contribution in [-0.4, -0.2) is 16.1 Å². The van der Waals surface area contributed by atoms with Crippen LogP contribution < -0.4 is 5.32 Å². The van der Waals surface area contributed by atoms with Gasteiger partial charge in [-0.3, -0.25) is 10.1 Å². The summed E-state index contributed by atoms with van der Waals surface area (Å²) in [6.45, 7) is 2.02. The van der Waals surface area contributed by atoms with Gasteiger partial charge >= 0.3 is 0 Å². The van der Waals surface area contributed by atoms with Crippen molar-refractivity contribution in [3.8, 4) is 10.4 Å². The van der Waals surface area contributed by atoms with E-state index in [1.807, 2.05) is 13.0 Å². The van der Waals surface area contributed by atoms with Crippen molar-refractivity contribution >= 4 is 33.7 Å². The van der Waals surface area contributed by atoms with Crippen molar-refractivity contribution < 1.29 is 4.79 Å². The number of aryl methyl sites for hydroxylation is 3. The summed E-state index contributed by atoms with van der Waals surface area (Å²) in [5.74, 6) is -0.0966. The average molecular weight is 341 g/mol. The summed E-state index contributed by atoms with van der Waals surface area (Å²) >= 11 is 2.99. The molecular formula is C17H15N3OS2. The van der Waals surface area contributed by atoms with Crippen LogP contribution in [0.1, 0.15) is 32.7 Å². The molecule has 0 radical (unpaired) electrons. The zero-order valence-electron chi connectivity index (χ0n) is 12.6. The van der Waals surface area contributed by atoms with Gasteiger partial charge in [0.2, 0.25) is 5.13 Å². The Labute approximate surface area is 142 Å². The molecule has 1 aliphatic carbocycles. The van der Waals surface area contributed by atoms with E-state index in [0.717, 1.165) is 29.1 Å². The number of rotatable bonds is 3. The molecule has 0 unspecified atom stereocenters. The van der Waals surface area contributed by atoms with E-state index in [0.29, 0.717) is 5.13 Å². The van der Waals surface area contributed by atoms with Crippen LogP contribution in [0.3, 0.4) is 0 Å². The van der Waals surface area contributed by atoms with Crippen LogP contribution in [0.5, 0.6) is 0 Å². The van der Waals surface area contributed by atoms with Crippen molar-refractivity contribution in [1.82, 2.24) is 10.2 Å². The minimum absolute atomic E-state index is 0.0966. The summed E-state index contributed by atoms with van der Waals surface area (Å²) in [7, 11) is 0. The van der Waals surface area contributed by atoms with Gasteiger partial charge in [-0.25, -0.2) is 0 Å². The number of aromatic nitrogens is 2. The zero-order valence-corrected chi connectivity index (χ0v) is 14.3. The third-order valence-corrected chi connectivity index (χ3v) is 6.14. The van der Waals surface area contributed by atoms with E-state index in [9.17, 15) is 4.79 Å². The molecule has 1 aromatic carbocycles. The lowest BCUT2D eigenvalue weighted by atomic mass is 9.91. The molecule has 2 heterocycles. The summed E-state index contributed by atoms with van der Waals surface area (Å²) in [4.78, 5) is 14.4. The van der Waals surface area contributed by atoms with Crippen LogP contribution >= 0.6 is 22.7 Å². The number of thiophene rings is 1. The molecule has 116 valence electrons. The lowest BCUT2D eigenvalue weighted by Crippen LogP contribution is -2.09. The van der Waals surface area contributed by atoms with E-state index in [1.165, 1.54) is 32.9 Å². The Bertz CT molecular complexity index is 882. The smallest absolute Gasteiger partial charge is 0.267 e. The maximum absolute atomic E-state index is 12.5. The number of benzene rings is 1. The Morgan fingerprint density at radius 2 is 2.00 bits per heavy atom. The number of carbonyl (C=O) groups excluding carboxylic acids is 1. The maximum atomic E-state index is 12.5. The molecule has 0 aliphatic heterocycles. The SMILES string of the molecule is CCc1nnc(NC(=O)c2cc3c(s2)-c2ccccc2CC3)s1. The minimum Gasteiger partial charge on any atom is -0.296 e. The number of nitrogens with one attached hydrogen (secondary N) is 1. The Hall–Kier alpha value is -2.05. The number of hydrogen-bond acceptors (Lipinski definition) is 5. The monoisotopic (exact) mass is 341 g/mol. The lowest BCUT2D eigenvalue weighted by Gasteiger charge is -2.15. The van der Waals surface area contributed by atoms with Crippen molar-refractivity contribution in [3.63, 3.8) is 0 Å². The second-order valence-corrected chi connectivity index (χ2v) is 7.55. The molecule has 0 saturated heterocycles. The van der Waals surface area contributed by atoms with Crippen LogP contribution in [0, 0.1) is 0 Å². The van der Waals surface area contributed by atoms with E-state index in [-0.39, 0.29) is 5.91 Å². The predicted octanol–water partition coefficient (Wildman–Crippen LogP) is 4.18. The molecule has 1 N–H and O–H groups in total. The molecule has 6 heteroatoms. The predicted molar refractivity (Wildman–Crippen MR) is 94.4 cm³/mol. The highest BCUT2D eigenvalue weighted by Crippen LogP contribution is 2.39. The summed E-state index contributed by atoms with van der Waals surface area (Å²) in [5, 5.41) is 12.4. The van der Waals surface area contributed by atoms with Gasteiger partial charge in [0.15, 0.2) is 0 Å². The van der Waals surface area contributed by atoms with Crippen LogP contribution in [0.4, 0.5) is 5.13 Å². The molecule has 1 amide bonds. The largest absolute Gasteiger partial charge is 0.296 e. The van der Waals surface area contributed by atoms with E-state index < -0.39 is 0 Å². The molecule has 0 saturated carbocycles. The van der Waals surface area contributed by atoms with Crippen LogP contribution in [0.25, 0.3) is 10.4 Å². The van der Waals surface area contributed by atoms with Crippen molar-refractivity contribution in [2.24, 2.45) is 0 Å². The Balaban J connectivity index is 1.62. The molecule has 0 atom stereocenters. The fraction of sp³-hybridized carbons (Fsp3) is 0.235. The molecule has 0 fully saturated rings. The van der Waals surface area contributed by atoms with E-state index in [4.69, 9.17) is 0 Å². The third-order valence-electron chi connectivity index (χ3n) is 3.95. The van der Waals surface area contributed by atoms with Crippen LogP contribution in [0.2, 0.25) is 0 Å². The minimum atomic E-state index is -0.0966. The fourth-order valence-corrected chi connectivity index (χ4v) is 4.63. The number of hydrogen-bond donors (Lipinski definition) is 1. The van der Waals surface area contributed by atoms with Crippen molar-refractivity contribution in [3.05, 3.63) is 51.3 Å². The van der Waals surface area contributed by atoms with Gasteiger partial charge in [0, 0.05) is 4.88 Å². The molecule has 4 rings (SSSR count). The number of amides is 1. The van der Waals surface area contributed by atoms with Crippen molar-refractivity contribution in [2.45, 2.75) is 26.2 Å². The molecule has 2 aromatic heterocycles. The van der Waals surface area contributed by atoms with E-state index in [2.05, 4.69) is 39.8 Å². The summed E-state index contributed by atoms with van der Waals surface area (Å²) in [6.07, 6.45) is 2.86. The van der Waals surface area contributed by atoms with Crippen molar-refractivity contribution in [2.75, 3.05) is 5.32 Å². The fourth-order valence-electron chi connectivity index (χ4n) is 2.79. The Morgan fingerprint density at radius 1 is 1.17 bits per heavy atom. The molecule has 4 nitrogen and oxygen atoms in total. The summed E-state index contributed by atoms with van der Waals surface area (Å²) < 4.78 is 0. The highest BCUT2D eigenvalue weighted by molar-refractivity contribution is 7.18. The number of nitrogens with zero attached hydrogens (tertiary/aromatic N) is 2. The van der Waals surface area contributed by atoms with Gasteiger partial charge in [-0.05, 0) is 42.0 Å². The van der Waals surface area contributed by atoms with Gasteiger partial charge in [-0.2, -0.15) is 0 Å². The second-order valence-electron chi connectivity index (χ2n) is 5.43. The van der Waals surface area contributed by atoms with Gasteiger partial charge in [0.25, 0.3) is 5.91 Å².